The first-order chi connectivity index (χ1) is 16.1. The van der Waals surface area contributed by atoms with Crippen molar-refractivity contribution in [3.8, 4) is 5.75 Å². The number of para-hydroxylation sites is 3. The lowest BCUT2D eigenvalue weighted by molar-refractivity contribution is -0.132. The lowest BCUT2D eigenvalue weighted by Gasteiger charge is -2.46. The van der Waals surface area contributed by atoms with Crippen molar-refractivity contribution in [2.45, 2.75) is 11.9 Å². The summed E-state index contributed by atoms with van der Waals surface area (Å²) in [6.07, 6.45) is 0. The van der Waals surface area contributed by atoms with Gasteiger partial charge in [0, 0.05) is 11.1 Å². The maximum absolute atomic E-state index is 12.7. The molecule has 0 amide bonds. The van der Waals surface area contributed by atoms with E-state index in [9.17, 15) is 4.79 Å². The van der Waals surface area contributed by atoms with Crippen molar-refractivity contribution in [1.82, 2.24) is 0 Å². The Morgan fingerprint density at radius 3 is 2.33 bits per heavy atom. The Morgan fingerprint density at radius 1 is 0.879 bits per heavy atom. The first-order valence-electron chi connectivity index (χ1n) is 10.4. The number of hydrogen-bond acceptors (Lipinski definition) is 8. The SMILES string of the molecule is COC(=O)C1=NN(c2ccccc2OC)[C@@]2(S1)c1ccccc1C(C)=NN2c1ccccc1. The van der Waals surface area contributed by atoms with Crippen LogP contribution in [0.15, 0.2) is 89.1 Å². The number of methoxy groups -OCH3 is 2. The molecule has 0 aliphatic carbocycles. The minimum atomic E-state index is -1.02. The minimum absolute atomic E-state index is 0.230. The van der Waals surface area contributed by atoms with E-state index in [1.807, 2.05) is 89.7 Å². The topological polar surface area (TPSA) is 66.7 Å². The molecule has 2 aliphatic heterocycles. The number of anilines is 2. The summed E-state index contributed by atoms with van der Waals surface area (Å²) in [6, 6.07) is 25.5. The highest BCUT2D eigenvalue weighted by atomic mass is 32.2. The molecule has 3 aromatic carbocycles. The monoisotopic (exact) mass is 458 g/mol. The van der Waals surface area contributed by atoms with Gasteiger partial charge in [-0.3, -0.25) is 0 Å². The molecule has 0 aromatic heterocycles. The molecule has 5 rings (SSSR count). The van der Waals surface area contributed by atoms with Gasteiger partial charge in [0.15, 0.2) is 0 Å². The molecule has 33 heavy (non-hydrogen) atoms. The van der Waals surface area contributed by atoms with Crippen LogP contribution < -0.4 is 14.8 Å². The van der Waals surface area contributed by atoms with Crippen LogP contribution in [0.4, 0.5) is 11.4 Å². The number of hydrogen-bond donors (Lipinski definition) is 0. The van der Waals surface area contributed by atoms with Gasteiger partial charge in [-0.25, -0.2) is 14.8 Å². The third-order valence-corrected chi connectivity index (χ3v) is 6.89. The third-order valence-electron chi connectivity index (χ3n) is 5.60. The molecule has 1 spiro atoms. The predicted molar refractivity (Wildman–Crippen MR) is 132 cm³/mol. The summed E-state index contributed by atoms with van der Waals surface area (Å²) >= 11 is 1.30. The van der Waals surface area contributed by atoms with Crippen molar-refractivity contribution in [2.24, 2.45) is 10.2 Å². The molecule has 3 aromatic rings. The fourth-order valence-electron chi connectivity index (χ4n) is 4.12. The number of benzene rings is 3. The quantitative estimate of drug-likeness (QED) is 0.524. The zero-order valence-electron chi connectivity index (χ0n) is 18.4. The third kappa shape index (κ3) is 3.25. The van der Waals surface area contributed by atoms with E-state index in [1.54, 1.807) is 7.11 Å². The van der Waals surface area contributed by atoms with Crippen LogP contribution in [-0.2, 0) is 14.5 Å². The van der Waals surface area contributed by atoms with Gasteiger partial charge in [0.05, 0.1) is 25.6 Å². The molecule has 166 valence electrons. The average molecular weight is 459 g/mol. The highest BCUT2D eigenvalue weighted by Crippen LogP contribution is 2.55. The molecule has 0 unspecified atom stereocenters. The Labute approximate surface area is 196 Å². The van der Waals surface area contributed by atoms with Gasteiger partial charge in [-0.2, -0.15) is 10.2 Å². The highest BCUT2D eigenvalue weighted by molar-refractivity contribution is 8.16. The van der Waals surface area contributed by atoms with Crippen molar-refractivity contribution in [3.05, 3.63) is 90.0 Å². The fourth-order valence-corrected chi connectivity index (χ4v) is 5.43. The molecule has 2 aliphatic rings. The summed E-state index contributed by atoms with van der Waals surface area (Å²) in [5, 5.41) is 13.7. The first kappa shape index (κ1) is 21.1. The number of ether oxygens (including phenoxy) is 2. The Kier molecular flexibility index (Phi) is 5.30. The van der Waals surface area contributed by atoms with Crippen LogP contribution in [0.2, 0.25) is 0 Å². The summed E-state index contributed by atoms with van der Waals surface area (Å²) in [5.74, 6) is 0.123. The highest BCUT2D eigenvalue weighted by Gasteiger charge is 2.56. The van der Waals surface area contributed by atoms with Crippen molar-refractivity contribution in [3.63, 3.8) is 0 Å². The van der Waals surface area contributed by atoms with Crippen molar-refractivity contribution < 1.29 is 14.3 Å². The lowest BCUT2D eigenvalue weighted by atomic mass is 9.98. The van der Waals surface area contributed by atoms with Crippen LogP contribution in [0.1, 0.15) is 18.1 Å². The van der Waals surface area contributed by atoms with Gasteiger partial charge in [-0.05, 0) is 43.0 Å². The van der Waals surface area contributed by atoms with E-state index in [0.29, 0.717) is 11.4 Å². The van der Waals surface area contributed by atoms with Crippen LogP contribution in [0.3, 0.4) is 0 Å². The van der Waals surface area contributed by atoms with Gasteiger partial charge in [0.25, 0.3) is 0 Å². The maximum Gasteiger partial charge on any atom is 0.365 e. The van der Waals surface area contributed by atoms with Gasteiger partial charge in [-0.1, -0.05) is 54.6 Å². The van der Waals surface area contributed by atoms with E-state index in [4.69, 9.17) is 19.7 Å². The lowest BCUT2D eigenvalue weighted by Crippen LogP contribution is -2.53. The molecular formula is C25H22N4O3S. The average Bonchev–Trinajstić information content (AvgIpc) is 3.27. The number of nitrogens with zero attached hydrogens (tertiary/aromatic N) is 4. The summed E-state index contributed by atoms with van der Waals surface area (Å²) in [4.78, 5) is 11.7. The second-order valence-corrected chi connectivity index (χ2v) is 8.63. The predicted octanol–water partition coefficient (Wildman–Crippen LogP) is 4.79. The zero-order chi connectivity index (χ0) is 23.0. The Bertz CT molecular complexity index is 1280. The van der Waals surface area contributed by atoms with E-state index >= 15 is 0 Å². The van der Waals surface area contributed by atoms with Crippen LogP contribution in [-0.4, -0.2) is 30.9 Å². The van der Waals surface area contributed by atoms with Crippen molar-refractivity contribution in [2.75, 3.05) is 24.2 Å². The molecule has 0 fully saturated rings. The summed E-state index contributed by atoms with van der Waals surface area (Å²) in [7, 11) is 2.97. The first-order valence-corrected chi connectivity index (χ1v) is 11.2. The number of rotatable bonds is 4. The number of esters is 1. The Balaban J connectivity index is 1.83. The summed E-state index contributed by atoms with van der Waals surface area (Å²) in [5.41, 5.74) is 4.38. The Hall–Kier alpha value is -3.78. The Morgan fingerprint density at radius 2 is 1.58 bits per heavy atom. The molecule has 0 radical (unpaired) electrons. The molecule has 7 nitrogen and oxygen atoms in total. The largest absolute Gasteiger partial charge is 0.495 e. The van der Waals surface area contributed by atoms with E-state index < -0.39 is 11.0 Å². The van der Waals surface area contributed by atoms with E-state index in [2.05, 4.69) is 6.07 Å². The van der Waals surface area contributed by atoms with Gasteiger partial charge in [0.2, 0.25) is 10.0 Å². The van der Waals surface area contributed by atoms with Crippen LogP contribution in [0, 0.1) is 0 Å². The second kappa shape index (κ2) is 8.29. The normalized spacial score (nSPS) is 19.1. The standard InChI is InChI=1S/C25H22N4O3S/c1-17-19-13-7-8-14-20(19)25(28(26-17)18-11-5-4-6-12-18)29(27-23(33-25)24(30)32-3)21-15-9-10-16-22(21)31-2/h4-16H,1-3H3/t25-/m1/s1. The summed E-state index contributed by atoms with van der Waals surface area (Å²) in [6.45, 7) is 1.98. The molecular weight excluding hydrogens is 436 g/mol. The van der Waals surface area contributed by atoms with Gasteiger partial charge in [-0.15, -0.1) is 0 Å². The van der Waals surface area contributed by atoms with Crippen LogP contribution in [0.25, 0.3) is 0 Å². The fraction of sp³-hybridized carbons (Fsp3) is 0.160. The van der Waals surface area contributed by atoms with Crippen molar-refractivity contribution in [1.29, 1.82) is 0 Å². The zero-order valence-corrected chi connectivity index (χ0v) is 19.2. The number of hydrazone groups is 2. The van der Waals surface area contributed by atoms with Gasteiger partial charge in [0.1, 0.15) is 11.4 Å². The van der Waals surface area contributed by atoms with Gasteiger partial charge < -0.3 is 9.47 Å². The van der Waals surface area contributed by atoms with E-state index in [0.717, 1.165) is 22.5 Å². The van der Waals surface area contributed by atoms with Crippen LogP contribution in [0.5, 0.6) is 5.75 Å². The second-order valence-electron chi connectivity index (χ2n) is 7.47. The van der Waals surface area contributed by atoms with E-state index in [-0.39, 0.29) is 5.04 Å². The molecule has 2 heterocycles. The molecule has 0 saturated heterocycles. The maximum atomic E-state index is 12.7. The number of thioether (sulfide) groups is 1. The molecule has 0 N–H and O–H groups in total. The van der Waals surface area contributed by atoms with E-state index in [1.165, 1.54) is 18.9 Å². The molecule has 0 saturated carbocycles. The molecule has 0 bridgehead atoms. The number of carbonyl (C=O) groups excluding carboxylic acids is 1. The minimum Gasteiger partial charge on any atom is -0.495 e. The smallest absolute Gasteiger partial charge is 0.365 e. The number of carbonyl (C=O) groups is 1. The summed E-state index contributed by atoms with van der Waals surface area (Å²) < 4.78 is 10.7. The van der Waals surface area contributed by atoms with Gasteiger partial charge >= 0.3 is 5.97 Å². The van der Waals surface area contributed by atoms with Crippen LogP contribution >= 0.6 is 11.8 Å². The molecule has 8 heteroatoms. The molecule has 1 atom stereocenters. The number of fused-ring (bicyclic) bond motifs is 2. The van der Waals surface area contributed by atoms with Crippen molar-refractivity contribution >= 4 is 39.9 Å².